The quantitative estimate of drug-likeness (QED) is 0.671. The first-order valence-electron chi connectivity index (χ1n) is 7.34. The van der Waals surface area contributed by atoms with Gasteiger partial charge in [0.2, 0.25) is 0 Å². The van der Waals surface area contributed by atoms with Crippen LogP contribution in [-0.2, 0) is 5.60 Å². The van der Waals surface area contributed by atoms with E-state index in [1.807, 2.05) is 54.6 Å². The van der Waals surface area contributed by atoms with Crippen molar-refractivity contribution < 1.29 is 9.50 Å². The number of hydrogen-bond donors (Lipinski definition) is 1. The molecule has 116 valence electrons. The molecule has 1 nitrogen and oxygen atoms in total. The number of benzene rings is 3. The van der Waals surface area contributed by atoms with Crippen LogP contribution < -0.4 is 0 Å². The second kappa shape index (κ2) is 6.53. The van der Waals surface area contributed by atoms with E-state index in [4.69, 9.17) is 11.6 Å². The summed E-state index contributed by atoms with van der Waals surface area (Å²) >= 11 is 6.03. The average Bonchev–Trinajstić information content (AvgIpc) is 2.62. The molecule has 1 atom stereocenters. The summed E-state index contributed by atoms with van der Waals surface area (Å²) in [7, 11) is 0. The Hall–Kier alpha value is -2.16. The van der Waals surface area contributed by atoms with E-state index < -0.39 is 5.60 Å². The van der Waals surface area contributed by atoms with Gasteiger partial charge in [-0.25, -0.2) is 4.39 Å². The molecule has 1 N–H and O–H groups in total. The summed E-state index contributed by atoms with van der Waals surface area (Å²) in [6.45, 7) is 0. The maximum Gasteiger partial charge on any atom is 0.128 e. The Bertz CT molecular complexity index is 769. The predicted molar refractivity (Wildman–Crippen MR) is 92.0 cm³/mol. The lowest BCUT2D eigenvalue weighted by atomic mass is 9.87. The lowest BCUT2D eigenvalue weighted by molar-refractivity contribution is 0.106. The molecule has 3 heteroatoms. The summed E-state index contributed by atoms with van der Waals surface area (Å²) in [4.78, 5) is 0. The van der Waals surface area contributed by atoms with Crippen molar-refractivity contribution in [3.05, 3.63) is 95.8 Å². The van der Waals surface area contributed by atoms with Crippen molar-refractivity contribution in [2.45, 2.75) is 5.60 Å². The standard InChI is InChI=1S/C20H16ClFO/c21-14-20(23,18-10-12-19(22)13-11-18)17-8-6-16(7-9-17)15-4-2-1-3-5-15/h1-13,23H,14H2. The van der Waals surface area contributed by atoms with Gasteiger partial charge in [0.15, 0.2) is 0 Å². The first kappa shape index (κ1) is 15.7. The second-order valence-corrected chi connectivity index (χ2v) is 5.71. The molecule has 0 fully saturated rings. The molecule has 0 aromatic heterocycles. The zero-order valence-electron chi connectivity index (χ0n) is 12.4. The van der Waals surface area contributed by atoms with Gasteiger partial charge in [0.25, 0.3) is 0 Å². The van der Waals surface area contributed by atoms with Gasteiger partial charge in [0.05, 0.1) is 5.88 Å². The zero-order chi connectivity index (χ0) is 16.3. The molecule has 0 spiro atoms. The summed E-state index contributed by atoms with van der Waals surface area (Å²) in [6, 6.07) is 23.4. The van der Waals surface area contributed by atoms with Gasteiger partial charge in [-0.05, 0) is 34.4 Å². The molecule has 0 amide bonds. The molecule has 3 rings (SSSR count). The third kappa shape index (κ3) is 3.14. The Kier molecular flexibility index (Phi) is 4.46. The van der Waals surface area contributed by atoms with Crippen molar-refractivity contribution in [3.8, 4) is 11.1 Å². The monoisotopic (exact) mass is 326 g/mol. The van der Waals surface area contributed by atoms with Crippen LogP contribution in [0.4, 0.5) is 4.39 Å². The van der Waals surface area contributed by atoms with Crippen LogP contribution in [0.25, 0.3) is 11.1 Å². The molecular formula is C20H16ClFO. The van der Waals surface area contributed by atoms with Crippen LogP contribution in [0.2, 0.25) is 0 Å². The molecule has 3 aromatic carbocycles. The third-order valence-corrected chi connectivity index (χ3v) is 4.37. The number of aliphatic hydroxyl groups is 1. The highest BCUT2D eigenvalue weighted by Crippen LogP contribution is 2.32. The van der Waals surface area contributed by atoms with Crippen molar-refractivity contribution in [2.24, 2.45) is 0 Å². The van der Waals surface area contributed by atoms with Gasteiger partial charge in [0.1, 0.15) is 11.4 Å². The van der Waals surface area contributed by atoms with Gasteiger partial charge in [-0.2, -0.15) is 0 Å². The largest absolute Gasteiger partial charge is 0.379 e. The first-order valence-corrected chi connectivity index (χ1v) is 7.87. The molecule has 0 aliphatic heterocycles. The van der Waals surface area contributed by atoms with Crippen molar-refractivity contribution >= 4 is 11.6 Å². The smallest absolute Gasteiger partial charge is 0.128 e. The fourth-order valence-electron chi connectivity index (χ4n) is 2.62. The highest BCUT2D eigenvalue weighted by atomic mass is 35.5. The van der Waals surface area contributed by atoms with Gasteiger partial charge < -0.3 is 5.11 Å². The first-order chi connectivity index (χ1) is 11.1. The Morgan fingerprint density at radius 3 is 1.74 bits per heavy atom. The van der Waals surface area contributed by atoms with Gasteiger partial charge in [0, 0.05) is 0 Å². The van der Waals surface area contributed by atoms with Crippen molar-refractivity contribution in [1.82, 2.24) is 0 Å². The van der Waals surface area contributed by atoms with Crippen LogP contribution >= 0.6 is 11.6 Å². The van der Waals surface area contributed by atoms with Crippen LogP contribution in [0.15, 0.2) is 78.9 Å². The summed E-state index contributed by atoms with van der Waals surface area (Å²) in [5.41, 5.74) is 2.07. The van der Waals surface area contributed by atoms with E-state index in [-0.39, 0.29) is 11.7 Å². The normalized spacial score (nSPS) is 13.5. The number of alkyl halides is 1. The molecule has 3 aromatic rings. The van der Waals surface area contributed by atoms with Crippen molar-refractivity contribution in [2.75, 3.05) is 5.88 Å². The maximum absolute atomic E-state index is 13.1. The summed E-state index contributed by atoms with van der Waals surface area (Å²) in [5, 5.41) is 11.0. The highest BCUT2D eigenvalue weighted by Gasteiger charge is 2.30. The fourth-order valence-corrected chi connectivity index (χ4v) is 2.92. The predicted octanol–water partition coefficient (Wildman–Crippen LogP) is 4.97. The van der Waals surface area contributed by atoms with Gasteiger partial charge >= 0.3 is 0 Å². The summed E-state index contributed by atoms with van der Waals surface area (Å²) < 4.78 is 13.1. The highest BCUT2D eigenvalue weighted by molar-refractivity contribution is 6.18. The van der Waals surface area contributed by atoms with E-state index >= 15 is 0 Å². The number of rotatable bonds is 4. The summed E-state index contributed by atoms with van der Waals surface area (Å²) in [5.74, 6) is -0.353. The Morgan fingerprint density at radius 2 is 1.22 bits per heavy atom. The molecule has 0 aliphatic carbocycles. The van der Waals surface area contributed by atoms with Crippen molar-refractivity contribution in [3.63, 3.8) is 0 Å². The fraction of sp³-hybridized carbons (Fsp3) is 0.100. The Labute approximate surface area is 140 Å². The zero-order valence-corrected chi connectivity index (χ0v) is 13.2. The van der Waals surface area contributed by atoms with Crippen molar-refractivity contribution in [1.29, 1.82) is 0 Å². The Balaban J connectivity index is 1.97. The molecule has 0 aliphatic rings. The molecule has 0 radical (unpaired) electrons. The molecule has 0 saturated carbocycles. The number of hydrogen-bond acceptors (Lipinski definition) is 1. The summed E-state index contributed by atoms with van der Waals surface area (Å²) in [6.07, 6.45) is 0. The topological polar surface area (TPSA) is 20.2 Å². The molecular weight excluding hydrogens is 311 g/mol. The van der Waals surface area contributed by atoms with E-state index in [0.29, 0.717) is 11.1 Å². The molecule has 0 saturated heterocycles. The van der Waals surface area contributed by atoms with Crippen LogP contribution in [0.3, 0.4) is 0 Å². The van der Waals surface area contributed by atoms with Gasteiger partial charge in [-0.15, -0.1) is 11.6 Å². The average molecular weight is 327 g/mol. The molecule has 23 heavy (non-hydrogen) atoms. The maximum atomic E-state index is 13.1. The lowest BCUT2D eigenvalue weighted by Crippen LogP contribution is -2.29. The minimum atomic E-state index is -1.34. The van der Waals surface area contributed by atoms with E-state index in [0.717, 1.165) is 11.1 Å². The molecule has 0 bridgehead atoms. The minimum absolute atomic E-state index is 0.0106. The molecule has 0 heterocycles. The van der Waals surface area contributed by atoms with E-state index in [1.54, 1.807) is 12.1 Å². The number of halogens is 2. The third-order valence-electron chi connectivity index (χ3n) is 3.98. The van der Waals surface area contributed by atoms with Crippen LogP contribution in [0.1, 0.15) is 11.1 Å². The SMILES string of the molecule is OC(CCl)(c1ccc(F)cc1)c1ccc(-c2ccccc2)cc1. The molecule has 1 unspecified atom stereocenters. The van der Waals surface area contributed by atoms with Crippen LogP contribution in [-0.4, -0.2) is 11.0 Å². The van der Waals surface area contributed by atoms with Gasteiger partial charge in [-0.1, -0.05) is 66.7 Å². The van der Waals surface area contributed by atoms with Crippen LogP contribution in [0.5, 0.6) is 0 Å². The van der Waals surface area contributed by atoms with Gasteiger partial charge in [-0.3, -0.25) is 0 Å². The second-order valence-electron chi connectivity index (χ2n) is 5.44. The lowest BCUT2D eigenvalue weighted by Gasteiger charge is -2.27. The van der Waals surface area contributed by atoms with E-state index in [1.165, 1.54) is 12.1 Å². The van der Waals surface area contributed by atoms with E-state index in [9.17, 15) is 9.50 Å². The Morgan fingerprint density at radius 1 is 0.739 bits per heavy atom. The van der Waals surface area contributed by atoms with E-state index in [2.05, 4.69) is 0 Å². The van der Waals surface area contributed by atoms with Crippen LogP contribution in [0, 0.1) is 5.82 Å². The minimum Gasteiger partial charge on any atom is -0.379 e.